The molecule has 1 unspecified atom stereocenters. The van der Waals surface area contributed by atoms with Crippen molar-refractivity contribution in [3.63, 3.8) is 0 Å². The Morgan fingerprint density at radius 2 is 1.84 bits per heavy atom. The molecule has 0 amide bonds. The van der Waals surface area contributed by atoms with Gasteiger partial charge in [0.25, 0.3) is 0 Å². The number of nitrogens with one attached hydrogen (secondary N) is 1. The maximum Gasteiger partial charge on any atom is 0.339 e. The second-order valence-electron chi connectivity index (χ2n) is 4.53. The van der Waals surface area contributed by atoms with E-state index in [2.05, 4.69) is 10.2 Å². The van der Waals surface area contributed by atoms with Crippen molar-refractivity contribution >= 4 is 16.9 Å². The van der Waals surface area contributed by atoms with Crippen molar-refractivity contribution in [3.8, 4) is 0 Å². The van der Waals surface area contributed by atoms with Gasteiger partial charge in [0.05, 0.1) is 11.1 Å². The van der Waals surface area contributed by atoms with Gasteiger partial charge in [-0.25, -0.2) is 4.79 Å². The molecule has 4 nitrogen and oxygen atoms in total. The maximum atomic E-state index is 11.8. The molecular weight excluding hydrogens is 240 g/mol. The van der Waals surface area contributed by atoms with Gasteiger partial charge < -0.3 is 4.74 Å². The van der Waals surface area contributed by atoms with Crippen LogP contribution in [0.5, 0.6) is 0 Å². The molecule has 1 aliphatic heterocycles. The second kappa shape index (κ2) is 3.68. The number of benzene rings is 2. The van der Waals surface area contributed by atoms with Crippen LogP contribution in [0.4, 0.5) is 0 Å². The quantitative estimate of drug-likeness (QED) is 0.676. The molecule has 19 heavy (non-hydrogen) atoms. The number of nitrogens with zero attached hydrogens (tertiary/aromatic N) is 1. The zero-order valence-electron chi connectivity index (χ0n) is 9.96. The summed E-state index contributed by atoms with van der Waals surface area (Å²) >= 11 is 0. The lowest BCUT2D eigenvalue weighted by atomic mass is 10.0. The number of carbonyl (C=O) groups excluding carboxylic acids is 1. The molecule has 3 aromatic rings. The van der Waals surface area contributed by atoms with Crippen molar-refractivity contribution in [2.45, 2.75) is 6.10 Å². The Morgan fingerprint density at radius 3 is 2.79 bits per heavy atom. The van der Waals surface area contributed by atoms with E-state index in [4.69, 9.17) is 4.74 Å². The van der Waals surface area contributed by atoms with Gasteiger partial charge in [-0.05, 0) is 12.1 Å². The van der Waals surface area contributed by atoms with Gasteiger partial charge >= 0.3 is 5.97 Å². The fraction of sp³-hybridized carbons (Fsp3) is 0.0667. The fourth-order valence-corrected chi connectivity index (χ4v) is 2.53. The molecule has 0 radical (unpaired) electrons. The van der Waals surface area contributed by atoms with Crippen LogP contribution >= 0.6 is 0 Å². The van der Waals surface area contributed by atoms with Gasteiger partial charge in [-0.3, -0.25) is 5.10 Å². The maximum absolute atomic E-state index is 11.8. The average Bonchev–Trinajstić information content (AvgIpc) is 3.01. The lowest BCUT2D eigenvalue weighted by Gasteiger charge is -2.07. The highest BCUT2D eigenvalue weighted by Gasteiger charge is 2.34. The number of hydrogen-bond acceptors (Lipinski definition) is 3. The summed E-state index contributed by atoms with van der Waals surface area (Å²) in [5, 5.41) is 8.26. The van der Waals surface area contributed by atoms with Crippen LogP contribution in [0, 0.1) is 0 Å². The number of H-pyrrole nitrogens is 1. The van der Waals surface area contributed by atoms with Crippen molar-refractivity contribution in [2.24, 2.45) is 0 Å². The smallest absolute Gasteiger partial charge is 0.339 e. The number of carbonyl (C=O) groups is 1. The largest absolute Gasteiger partial charge is 0.447 e. The van der Waals surface area contributed by atoms with Gasteiger partial charge in [0.1, 0.15) is 5.69 Å². The van der Waals surface area contributed by atoms with Crippen molar-refractivity contribution in [1.82, 2.24) is 10.2 Å². The van der Waals surface area contributed by atoms with Crippen LogP contribution in [0.15, 0.2) is 48.5 Å². The lowest BCUT2D eigenvalue weighted by Crippen LogP contribution is -2.01. The van der Waals surface area contributed by atoms with Gasteiger partial charge in [-0.2, -0.15) is 5.10 Å². The van der Waals surface area contributed by atoms with Crippen LogP contribution in [0.1, 0.15) is 27.7 Å². The number of esters is 1. The number of aromatic nitrogens is 2. The topological polar surface area (TPSA) is 55.0 Å². The molecule has 0 saturated heterocycles. The predicted octanol–water partition coefficient (Wildman–Crippen LogP) is 2.82. The SMILES string of the molecule is O=C1OC(c2n[nH]c3ccccc23)c2ccccc21. The third kappa shape index (κ3) is 1.40. The summed E-state index contributed by atoms with van der Waals surface area (Å²) in [5.41, 5.74) is 3.20. The summed E-state index contributed by atoms with van der Waals surface area (Å²) in [6.07, 6.45) is -0.417. The van der Waals surface area contributed by atoms with Crippen LogP contribution in [0.3, 0.4) is 0 Å². The van der Waals surface area contributed by atoms with E-state index in [-0.39, 0.29) is 5.97 Å². The minimum Gasteiger partial charge on any atom is -0.447 e. The standard InChI is InChI=1S/C15H10N2O2/c18-15-10-6-2-1-5-9(10)14(19-15)13-11-7-3-4-8-12(11)16-17-13/h1-8,14H,(H,16,17). The Hall–Kier alpha value is -2.62. The van der Waals surface area contributed by atoms with Crippen LogP contribution < -0.4 is 0 Å². The molecule has 0 bridgehead atoms. The molecule has 0 saturated carbocycles. The average molecular weight is 250 g/mol. The molecule has 4 heteroatoms. The van der Waals surface area contributed by atoms with E-state index < -0.39 is 6.10 Å². The van der Waals surface area contributed by atoms with Crippen molar-refractivity contribution in [2.75, 3.05) is 0 Å². The van der Waals surface area contributed by atoms with Crippen LogP contribution in [-0.2, 0) is 4.74 Å². The summed E-state index contributed by atoms with van der Waals surface area (Å²) < 4.78 is 5.46. The lowest BCUT2D eigenvalue weighted by molar-refractivity contribution is 0.0451. The first-order valence-corrected chi connectivity index (χ1v) is 6.07. The highest BCUT2D eigenvalue weighted by atomic mass is 16.5. The molecule has 1 aliphatic rings. The Morgan fingerprint density at radius 1 is 1.05 bits per heavy atom. The summed E-state index contributed by atoms with van der Waals surface area (Å²) in [5.74, 6) is -0.285. The van der Waals surface area contributed by atoms with Crippen molar-refractivity contribution in [3.05, 3.63) is 65.4 Å². The zero-order chi connectivity index (χ0) is 12.8. The molecule has 0 spiro atoms. The van der Waals surface area contributed by atoms with E-state index in [0.717, 1.165) is 22.2 Å². The van der Waals surface area contributed by atoms with E-state index in [9.17, 15) is 4.79 Å². The van der Waals surface area contributed by atoms with Gasteiger partial charge in [-0.15, -0.1) is 0 Å². The number of aromatic amines is 1. The first-order valence-electron chi connectivity index (χ1n) is 6.07. The highest BCUT2D eigenvalue weighted by molar-refractivity contribution is 5.95. The third-order valence-corrected chi connectivity index (χ3v) is 3.44. The molecule has 92 valence electrons. The number of hydrogen-bond donors (Lipinski definition) is 1. The summed E-state index contributed by atoms with van der Waals surface area (Å²) in [4.78, 5) is 11.8. The number of ether oxygens (including phenoxy) is 1. The van der Waals surface area contributed by atoms with E-state index in [0.29, 0.717) is 5.56 Å². The molecule has 1 N–H and O–H groups in total. The summed E-state index contributed by atoms with van der Waals surface area (Å²) in [6.45, 7) is 0. The zero-order valence-corrected chi connectivity index (χ0v) is 9.96. The number of para-hydroxylation sites is 1. The molecular formula is C15H10N2O2. The summed E-state index contributed by atoms with van der Waals surface area (Å²) in [6, 6.07) is 15.3. The predicted molar refractivity (Wildman–Crippen MR) is 69.8 cm³/mol. The Balaban J connectivity index is 1.93. The second-order valence-corrected chi connectivity index (χ2v) is 4.53. The number of rotatable bonds is 1. The van der Waals surface area contributed by atoms with E-state index >= 15 is 0 Å². The Kier molecular flexibility index (Phi) is 2.00. The third-order valence-electron chi connectivity index (χ3n) is 3.44. The first-order chi connectivity index (χ1) is 9.34. The van der Waals surface area contributed by atoms with Gasteiger partial charge in [0.15, 0.2) is 6.10 Å². The molecule has 4 rings (SSSR count). The Labute approximate surface area is 109 Å². The summed E-state index contributed by atoms with van der Waals surface area (Å²) in [7, 11) is 0. The molecule has 1 atom stereocenters. The molecule has 2 heterocycles. The van der Waals surface area contributed by atoms with Crippen molar-refractivity contribution < 1.29 is 9.53 Å². The van der Waals surface area contributed by atoms with Crippen LogP contribution in [-0.4, -0.2) is 16.2 Å². The highest BCUT2D eigenvalue weighted by Crippen LogP contribution is 2.37. The number of cyclic esters (lactones) is 1. The minimum atomic E-state index is -0.417. The molecule has 0 fully saturated rings. The monoisotopic (exact) mass is 250 g/mol. The minimum absolute atomic E-state index is 0.285. The fourth-order valence-electron chi connectivity index (χ4n) is 2.53. The van der Waals surface area contributed by atoms with E-state index in [1.54, 1.807) is 6.07 Å². The van der Waals surface area contributed by atoms with Gasteiger partial charge in [0.2, 0.25) is 0 Å². The molecule has 1 aromatic heterocycles. The number of fused-ring (bicyclic) bond motifs is 2. The van der Waals surface area contributed by atoms with Gasteiger partial charge in [0, 0.05) is 10.9 Å². The molecule has 0 aliphatic carbocycles. The Bertz CT molecular complexity index is 791. The van der Waals surface area contributed by atoms with Crippen LogP contribution in [0.25, 0.3) is 10.9 Å². The first kappa shape index (κ1) is 10.3. The molecule has 2 aromatic carbocycles. The van der Waals surface area contributed by atoms with Crippen LogP contribution in [0.2, 0.25) is 0 Å². The van der Waals surface area contributed by atoms with Gasteiger partial charge in [-0.1, -0.05) is 36.4 Å². The van der Waals surface area contributed by atoms with Crippen molar-refractivity contribution in [1.29, 1.82) is 0 Å². The van der Waals surface area contributed by atoms with E-state index in [1.807, 2.05) is 42.5 Å². The van der Waals surface area contributed by atoms with E-state index in [1.165, 1.54) is 0 Å². The normalized spacial score (nSPS) is 17.5.